The molecule has 0 bridgehead atoms. The first-order valence-electron chi connectivity index (χ1n) is 9.51. The van der Waals surface area contributed by atoms with Gasteiger partial charge in [0.15, 0.2) is 0 Å². The van der Waals surface area contributed by atoms with Crippen molar-refractivity contribution < 1.29 is 9.66 Å². The third-order valence-corrected chi connectivity index (χ3v) is 5.47. The highest BCUT2D eigenvalue weighted by molar-refractivity contribution is 9.10. The number of halogens is 2. The molecule has 10 heteroatoms. The van der Waals surface area contributed by atoms with E-state index in [2.05, 4.69) is 48.5 Å². The third kappa shape index (κ3) is 4.97. The molecule has 3 rings (SSSR count). The summed E-state index contributed by atoms with van der Waals surface area (Å²) in [7, 11) is 0. The minimum Gasteiger partial charge on any atom is -0.482 e. The minimum atomic E-state index is -0.539. The smallest absolute Gasteiger partial charge is 0.312 e. The number of nitro groups is 1. The fourth-order valence-electron chi connectivity index (χ4n) is 2.96. The molecule has 0 aliphatic rings. The van der Waals surface area contributed by atoms with Gasteiger partial charge >= 0.3 is 5.69 Å². The molecule has 1 heterocycles. The molecule has 166 valence electrons. The minimum absolute atomic E-state index is 0.0943. The Morgan fingerprint density at radius 3 is 2.62 bits per heavy atom. The van der Waals surface area contributed by atoms with Crippen LogP contribution in [0.4, 0.5) is 5.69 Å². The monoisotopic (exact) mass is 562 g/mol. The summed E-state index contributed by atoms with van der Waals surface area (Å²) in [5.41, 5.74) is -0.0666. The van der Waals surface area contributed by atoms with Crippen molar-refractivity contribution in [2.45, 2.75) is 26.2 Å². The van der Waals surface area contributed by atoms with E-state index < -0.39 is 10.3 Å². The molecule has 0 saturated carbocycles. The van der Waals surface area contributed by atoms with Crippen molar-refractivity contribution in [3.05, 3.63) is 83.8 Å². The Kier molecular flexibility index (Phi) is 6.94. The molecule has 8 nitrogen and oxygen atoms in total. The van der Waals surface area contributed by atoms with E-state index in [1.165, 1.54) is 23.0 Å². The lowest BCUT2D eigenvalue weighted by atomic mass is 9.95. The summed E-state index contributed by atoms with van der Waals surface area (Å²) in [6, 6.07) is 8.24. The average molecular weight is 564 g/mol. The quantitative estimate of drug-likeness (QED) is 0.169. The van der Waals surface area contributed by atoms with Crippen LogP contribution in [0.5, 0.6) is 5.75 Å². The molecule has 0 radical (unpaired) electrons. The van der Waals surface area contributed by atoms with Gasteiger partial charge in [0.05, 0.1) is 26.5 Å². The summed E-state index contributed by atoms with van der Waals surface area (Å²) in [6.07, 6.45) is 2.88. The molecule has 0 saturated heterocycles. The predicted molar refractivity (Wildman–Crippen MR) is 132 cm³/mol. The Bertz CT molecular complexity index is 1310. The first kappa shape index (κ1) is 23.8. The normalized spacial score (nSPS) is 11.8. The summed E-state index contributed by atoms with van der Waals surface area (Å²) in [6.45, 7) is 9.46. The lowest BCUT2D eigenvalue weighted by molar-refractivity contribution is -0.385. The standard InChI is InChI=1S/C22H20Br2N4O4/c1-5-8-32-19-16(24)9-13(10-18(19)28(30)31)12-25-27-20(29)15-11-14(23)6-7-17(15)26-21(27)22(2,3)4/h5-7,9-12H,1,8H2,2-4H3. The summed E-state index contributed by atoms with van der Waals surface area (Å²) in [5, 5.41) is 16.3. The van der Waals surface area contributed by atoms with Crippen molar-refractivity contribution >= 4 is 54.7 Å². The lowest BCUT2D eigenvalue weighted by Crippen LogP contribution is -2.29. The number of ether oxygens (including phenoxy) is 1. The van der Waals surface area contributed by atoms with E-state index >= 15 is 0 Å². The molecule has 1 aromatic heterocycles. The zero-order valence-corrected chi connectivity index (χ0v) is 20.8. The predicted octanol–water partition coefficient (Wildman–Crippen LogP) is 5.57. The topological polar surface area (TPSA) is 99.6 Å². The van der Waals surface area contributed by atoms with Gasteiger partial charge in [-0.15, -0.1) is 0 Å². The third-order valence-electron chi connectivity index (χ3n) is 4.39. The van der Waals surface area contributed by atoms with Crippen molar-refractivity contribution in [1.82, 2.24) is 9.66 Å². The molecule has 0 aliphatic carbocycles. The van der Waals surface area contributed by atoms with Crippen molar-refractivity contribution in [3.8, 4) is 5.75 Å². The van der Waals surface area contributed by atoms with Crippen molar-refractivity contribution in [2.24, 2.45) is 5.10 Å². The molecule has 0 atom stereocenters. The van der Waals surface area contributed by atoms with E-state index in [9.17, 15) is 14.9 Å². The summed E-state index contributed by atoms with van der Waals surface area (Å²) in [4.78, 5) is 28.9. The zero-order valence-electron chi connectivity index (χ0n) is 17.6. The maximum atomic E-state index is 13.2. The molecular weight excluding hydrogens is 544 g/mol. The Hall–Kier alpha value is -2.85. The second-order valence-electron chi connectivity index (χ2n) is 7.92. The van der Waals surface area contributed by atoms with Crippen molar-refractivity contribution in [2.75, 3.05) is 6.61 Å². The first-order valence-corrected chi connectivity index (χ1v) is 11.1. The zero-order chi connectivity index (χ0) is 23.6. The highest BCUT2D eigenvalue weighted by Gasteiger charge is 2.23. The van der Waals surface area contributed by atoms with Gasteiger partial charge in [0.2, 0.25) is 5.75 Å². The van der Waals surface area contributed by atoms with Crippen LogP contribution in [0.1, 0.15) is 32.2 Å². The molecular formula is C22H20Br2N4O4. The fourth-order valence-corrected chi connectivity index (χ4v) is 3.90. The SMILES string of the molecule is C=CCOc1c(Br)cc(C=Nn2c(C(C)(C)C)nc3ccc(Br)cc3c2=O)cc1[N+](=O)[O-]. The molecule has 2 aromatic carbocycles. The molecule has 0 fully saturated rings. The number of nitro benzene ring substituents is 1. The number of hydrogen-bond donors (Lipinski definition) is 0. The molecule has 32 heavy (non-hydrogen) atoms. The molecule has 0 unspecified atom stereocenters. The van der Waals surface area contributed by atoms with Gasteiger partial charge in [-0.1, -0.05) is 49.4 Å². The highest BCUT2D eigenvalue weighted by Crippen LogP contribution is 2.36. The summed E-state index contributed by atoms with van der Waals surface area (Å²) >= 11 is 6.69. The van der Waals surface area contributed by atoms with Crippen LogP contribution in [0.3, 0.4) is 0 Å². The van der Waals surface area contributed by atoms with Gasteiger partial charge in [-0.3, -0.25) is 14.9 Å². The van der Waals surface area contributed by atoms with Crippen molar-refractivity contribution in [1.29, 1.82) is 0 Å². The van der Waals surface area contributed by atoms with E-state index in [4.69, 9.17) is 4.74 Å². The summed E-state index contributed by atoms with van der Waals surface area (Å²) in [5.74, 6) is 0.560. The molecule has 0 amide bonds. The molecule has 0 N–H and O–H groups in total. The van der Waals surface area contributed by atoms with Crippen LogP contribution in [-0.2, 0) is 5.41 Å². The van der Waals surface area contributed by atoms with Gasteiger partial charge in [-0.05, 0) is 40.2 Å². The summed E-state index contributed by atoms with van der Waals surface area (Å²) < 4.78 is 7.79. The number of nitrogens with zero attached hydrogens (tertiary/aromatic N) is 4. The van der Waals surface area contributed by atoms with E-state index in [-0.39, 0.29) is 23.6 Å². The number of aromatic nitrogens is 2. The van der Waals surface area contributed by atoms with Crippen molar-refractivity contribution in [3.63, 3.8) is 0 Å². The molecule has 0 aliphatic heterocycles. The Morgan fingerprint density at radius 1 is 1.28 bits per heavy atom. The van der Waals surface area contributed by atoms with Gasteiger partial charge < -0.3 is 4.74 Å². The van der Waals surface area contributed by atoms with Crippen LogP contribution in [0.15, 0.2) is 61.8 Å². The molecule has 3 aromatic rings. The van der Waals surface area contributed by atoms with Crippen LogP contribution >= 0.6 is 31.9 Å². The van der Waals surface area contributed by atoms with E-state index in [1.54, 1.807) is 18.2 Å². The van der Waals surface area contributed by atoms with Gasteiger partial charge in [0, 0.05) is 21.5 Å². The second kappa shape index (κ2) is 9.33. The molecule has 0 spiro atoms. The lowest BCUT2D eigenvalue weighted by Gasteiger charge is -2.20. The number of benzene rings is 2. The van der Waals surface area contributed by atoms with Gasteiger partial charge in [-0.2, -0.15) is 9.78 Å². The fraction of sp³-hybridized carbons (Fsp3) is 0.227. The van der Waals surface area contributed by atoms with Crippen LogP contribution in [0.2, 0.25) is 0 Å². The Balaban J connectivity index is 2.18. The van der Waals surface area contributed by atoms with Crippen LogP contribution < -0.4 is 10.3 Å². The number of fused-ring (bicyclic) bond motifs is 1. The Labute approximate surface area is 201 Å². The average Bonchev–Trinajstić information content (AvgIpc) is 2.71. The van der Waals surface area contributed by atoms with E-state index in [0.717, 1.165) is 4.47 Å². The highest BCUT2D eigenvalue weighted by atomic mass is 79.9. The van der Waals surface area contributed by atoms with E-state index in [0.29, 0.717) is 26.8 Å². The van der Waals surface area contributed by atoms with Crippen LogP contribution in [0, 0.1) is 10.1 Å². The maximum absolute atomic E-state index is 13.2. The van der Waals surface area contributed by atoms with Gasteiger partial charge in [0.1, 0.15) is 12.4 Å². The first-order chi connectivity index (χ1) is 15.0. The largest absolute Gasteiger partial charge is 0.482 e. The van der Waals surface area contributed by atoms with Gasteiger partial charge in [-0.25, -0.2) is 4.98 Å². The van der Waals surface area contributed by atoms with Crippen LogP contribution in [-0.4, -0.2) is 27.4 Å². The van der Waals surface area contributed by atoms with Gasteiger partial charge in [0.25, 0.3) is 5.56 Å². The second-order valence-corrected chi connectivity index (χ2v) is 9.69. The maximum Gasteiger partial charge on any atom is 0.312 e. The Morgan fingerprint density at radius 2 is 2.00 bits per heavy atom. The number of rotatable bonds is 6. The van der Waals surface area contributed by atoms with E-state index in [1.807, 2.05) is 26.8 Å². The number of hydrogen-bond acceptors (Lipinski definition) is 6. The van der Waals surface area contributed by atoms with Crippen LogP contribution in [0.25, 0.3) is 10.9 Å².